The summed E-state index contributed by atoms with van der Waals surface area (Å²) in [4.78, 5) is 20.2. The lowest BCUT2D eigenvalue weighted by Crippen LogP contribution is -2.47. The molecule has 2 aliphatic heterocycles. The molecule has 2 aliphatic rings. The van der Waals surface area contributed by atoms with Crippen LogP contribution in [0.2, 0.25) is 0 Å². The maximum absolute atomic E-state index is 12.5. The van der Waals surface area contributed by atoms with Crippen LogP contribution >= 0.6 is 11.3 Å². The molecule has 3 aromatic heterocycles. The number of rotatable bonds is 5. The Morgan fingerprint density at radius 1 is 1.12 bits per heavy atom. The Morgan fingerprint density at radius 3 is 2.66 bits per heavy atom. The summed E-state index contributed by atoms with van der Waals surface area (Å²) in [6.07, 6.45) is 7.56. The SMILES string of the molecule is [2H]C([2H])([2H])N(c1ccc(-c2ccc(-c3cnn(C4CCCCO4)c3)c3ncsc23)nn1)C1CCN(C(=O)OC(C)(C)C)CC1. The Morgan fingerprint density at radius 2 is 1.95 bits per heavy atom. The molecule has 5 heterocycles. The summed E-state index contributed by atoms with van der Waals surface area (Å²) in [5.41, 5.74) is 5.52. The van der Waals surface area contributed by atoms with Gasteiger partial charge in [-0.05, 0) is 65.0 Å². The minimum atomic E-state index is -2.42. The van der Waals surface area contributed by atoms with Gasteiger partial charge < -0.3 is 19.3 Å². The van der Waals surface area contributed by atoms with Crippen LogP contribution in [-0.2, 0) is 9.47 Å². The van der Waals surface area contributed by atoms with E-state index in [-0.39, 0.29) is 24.2 Å². The van der Waals surface area contributed by atoms with Gasteiger partial charge >= 0.3 is 6.09 Å². The summed E-state index contributed by atoms with van der Waals surface area (Å²) in [7, 11) is 0. The first-order chi connectivity index (χ1) is 21.0. The summed E-state index contributed by atoms with van der Waals surface area (Å²) in [5, 5.41) is 13.4. The Hall–Kier alpha value is -3.57. The normalized spacial score (nSPS) is 19.9. The lowest BCUT2D eigenvalue weighted by atomic mass is 10.0. The average molecular weight is 579 g/mol. The molecule has 0 radical (unpaired) electrons. The lowest BCUT2D eigenvalue weighted by molar-refractivity contribution is -0.0394. The summed E-state index contributed by atoms with van der Waals surface area (Å²) in [6, 6.07) is 7.22. The fraction of sp³-hybridized carbons (Fsp3) is 0.500. The second-order valence-corrected chi connectivity index (χ2v) is 12.4. The third kappa shape index (κ3) is 5.92. The van der Waals surface area contributed by atoms with Crippen LogP contribution in [-0.4, -0.2) is 74.3 Å². The van der Waals surface area contributed by atoms with E-state index in [2.05, 4.69) is 20.3 Å². The number of ether oxygens (including phenoxy) is 2. The Bertz CT molecular complexity index is 1600. The fourth-order valence-electron chi connectivity index (χ4n) is 5.37. The molecule has 10 nitrogen and oxygen atoms in total. The number of anilines is 1. The zero-order valence-corrected chi connectivity index (χ0v) is 24.4. The topological polar surface area (TPSA) is 98.5 Å². The largest absolute Gasteiger partial charge is 0.444 e. The van der Waals surface area contributed by atoms with Gasteiger partial charge in [0.05, 0.1) is 27.6 Å². The zero-order valence-electron chi connectivity index (χ0n) is 26.6. The maximum atomic E-state index is 12.5. The van der Waals surface area contributed by atoms with Gasteiger partial charge in [0, 0.05) is 59.7 Å². The highest BCUT2D eigenvalue weighted by atomic mass is 32.1. The molecule has 216 valence electrons. The van der Waals surface area contributed by atoms with Gasteiger partial charge in [-0.1, -0.05) is 12.1 Å². The van der Waals surface area contributed by atoms with Crippen LogP contribution in [0.5, 0.6) is 0 Å². The van der Waals surface area contributed by atoms with Crippen LogP contribution in [0, 0.1) is 0 Å². The number of hydrogen-bond acceptors (Lipinski definition) is 9. The van der Waals surface area contributed by atoms with Crippen LogP contribution in [0.4, 0.5) is 10.6 Å². The van der Waals surface area contributed by atoms with Crippen molar-refractivity contribution in [3.63, 3.8) is 0 Å². The number of likely N-dealkylation sites (tertiary alicyclic amines) is 1. The highest BCUT2D eigenvalue weighted by molar-refractivity contribution is 7.17. The van der Waals surface area contributed by atoms with E-state index in [4.69, 9.17) is 13.6 Å². The van der Waals surface area contributed by atoms with Crippen molar-refractivity contribution in [2.45, 2.75) is 70.7 Å². The molecular weight excluding hydrogens is 538 g/mol. The van der Waals surface area contributed by atoms with Crippen LogP contribution in [0.1, 0.15) is 63.2 Å². The van der Waals surface area contributed by atoms with Crippen LogP contribution < -0.4 is 4.90 Å². The summed E-state index contributed by atoms with van der Waals surface area (Å²) in [6.45, 7) is 4.62. The molecule has 0 aliphatic carbocycles. The monoisotopic (exact) mass is 578 g/mol. The highest BCUT2D eigenvalue weighted by Crippen LogP contribution is 2.37. The van der Waals surface area contributed by atoms with E-state index in [1.807, 2.05) is 61.6 Å². The molecule has 0 bridgehead atoms. The number of fused-ring (bicyclic) bond motifs is 1. The second kappa shape index (κ2) is 11.4. The van der Waals surface area contributed by atoms with E-state index in [0.29, 0.717) is 31.6 Å². The van der Waals surface area contributed by atoms with Gasteiger partial charge in [0.1, 0.15) is 11.8 Å². The van der Waals surface area contributed by atoms with E-state index < -0.39 is 12.6 Å². The van der Waals surface area contributed by atoms with E-state index in [1.165, 1.54) is 16.2 Å². The molecule has 1 unspecified atom stereocenters. The van der Waals surface area contributed by atoms with Crippen LogP contribution in [0.3, 0.4) is 0 Å². The number of hydrogen-bond donors (Lipinski definition) is 0. The Labute approximate surface area is 248 Å². The fourth-order valence-corrected chi connectivity index (χ4v) is 6.21. The number of nitrogens with zero attached hydrogens (tertiary/aromatic N) is 7. The molecule has 41 heavy (non-hydrogen) atoms. The molecule has 2 fully saturated rings. The summed E-state index contributed by atoms with van der Waals surface area (Å²) in [5.74, 6) is 0.277. The predicted molar refractivity (Wildman–Crippen MR) is 160 cm³/mol. The molecule has 2 saturated heterocycles. The average Bonchev–Trinajstić information content (AvgIpc) is 3.68. The number of amides is 1. The minimum absolute atomic E-state index is 0.0385. The number of benzene rings is 1. The minimum Gasteiger partial charge on any atom is -0.444 e. The molecule has 1 amide bonds. The van der Waals surface area contributed by atoms with Gasteiger partial charge in [0.2, 0.25) is 0 Å². The smallest absolute Gasteiger partial charge is 0.410 e. The lowest BCUT2D eigenvalue weighted by Gasteiger charge is -2.37. The van der Waals surface area contributed by atoms with Crippen molar-refractivity contribution < 1.29 is 18.4 Å². The van der Waals surface area contributed by atoms with Gasteiger partial charge in [-0.15, -0.1) is 21.5 Å². The van der Waals surface area contributed by atoms with Crippen molar-refractivity contribution >= 4 is 33.5 Å². The van der Waals surface area contributed by atoms with Gasteiger partial charge in [0.15, 0.2) is 5.82 Å². The standard InChI is InChI=1S/C30H37N7O3S/c1-30(2,3)40-29(38)36-14-12-21(13-15-36)35(4)25-11-10-24(33-34-25)23-9-8-22(27-28(23)41-19-31-27)20-17-32-37(18-20)26-7-5-6-16-39-26/h8-11,17-19,21,26H,5-7,12-16H2,1-4H3/i4D3. The van der Waals surface area contributed by atoms with E-state index in [0.717, 1.165) is 52.8 Å². The number of carbonyl (C=O) groups excluding carboxylic acids is 1. The predicted octanol–water partition coefficient (Wildman–Crippen LogP) is 6.15. The Balaban J connectivity index is 1.21. The van der Waals surface area contributed by atoms with Crippen LogP contribution in [0.15, 0.2) is 42.2 Å². The number of carbonyl (C=O) groups is 1. The van der Waals surface area contributed by atoms with Gasteiger partial charge in [0.25, 0.3) is 0 Å². The third-order valence-electron chi connectivity index (χ3n) is 7.50. The zero-order chi connectivity index (χ0) is 31.1. The van der Waals surface area contributed by atoms with E-state index in [9.17, 15) is 4.79 Å². The van der Waals surface area contributed by atoms with Gasteiger partial charge in [-0.3, -0.25) is 0 Å². The van der Waals surface area contributed by atoms with Crippen molar-refractivity contribution in [3.05, 3.63) is 42.2 Å². The third-order valence-corrected chi connectivity index (χ3v) is 8.36. The molecule has 0 N–H and O–H groups in total. The van der Waals surface area contributed by atoms with Gasteiger partial charge in [-0.25, -0.2) is 14.5 Å². The van der Waals surface area contributed by atoms with Crippen molar-refractivity contribution in [1.82, 2.24) is 29.9 Å². The molecule has 11 heteroatoms. The van der Waals surface area contributed by atoms with E-state index >= 15 is 0 Å². The van der Waals surface area contributed by atoms with Gasteiger partial charge in [-0.2, -0.15) is 5.10 Å². The molecule has 1 atom stereocenters. The molecular formula is C30H37N7O3S. The highest BCUT2D eigenvalue weighted by Gasteiger charge is 2.29. The molecule has 6 rings (SSSR count). The summed E-state index contributed by atoms with van der Waals surface area (Å²) < 4.78 is 39.0. The molecule has 0 saturated carbocycles. The maximum Gasteiger partial charge on any atom is 0.410 e. The second-order valence-electron chi connectivity index (χ2n) is 11.6. The van der Waals surface area contributed by atoms with Crippen molar-refractivity contribution in [2.24, 2.45) is 0 Å². The van der Waals surface area contributed by atoms with E-state index in [1.54, 1.807) is 11.0 Å². The molecule has 1 aromatic carbocycles. The van der Waals surface area contributed by atoms with Crippen LogP contribution in [0.25, 0.3) is 32.6 Å². The van der Waals surface area contributed by atoms with Crippen molar-refractivity contribution in [1.29, 1.82) is 0 Å². The number of piperidine rings is 1. The first kappa shape index (κ1) is 24.1. The number of aromatic nitrogens is 5. The molecule has 4 aromatic rings. The first-order valence-electron chi connectivity index (χ1n) is 15.6. The number of thiazole rings is 1. The quantitative estimate of drug-likeness (QED) is 0.278. The van der Waals surface area contributed by atoms with Crippen molar-refractivity contribution in [3.8, 4) is 22.4 Å². The summed E-state index contributed by atoms with van der Waals surface area (Å²) >= 11 is 1.52. The molecule has 0 spiro atoms. The first-order valence-corrected chi connectivity index (χ1v) is 15.0. The Kier molecular flexibility index (Phi) is 6.67. The van der Waals surface area contributed by atoms with Crippen molar-refractivity contribution in [2.75, 3.05) is 31.6 Å².